The lowest BCUT2D eigenvalue weighted by Crippen LogP contribution is -2.35. The number of rotatable bonds is 5. The number of pyridine rings is 1. The van der Waals surface area contributed by atoms with Gasteiger partial charge in [0.05, 0.1) is 0 Å². The molecule has 0 aromatic carbocycles. The highest BCUT2D eigenvalue weighted by molar-refractivity contribution is 5.92. The Morgan fingerprint density at radius 3 is 2.58 bits per heavy atom. The summed E-state index contributed by atoms with van der Waals surface area (Å²) in [6, 6.07) is 4.88. The third kappa shape index (κ3) is 4.75. The van der Waals surface area contributed by atoms with Crippen molar-refractivity contribution in [2.75, 3.05) is 18.8 Å². The number of amides is 2. The molecule has 0 bridgehead atoms. The zero-order chi connectivity index (χ0) is 13.0. The molecule has 0 radical (unpaired) electrons. The predicted molar refractivity (Wildman–Crippen MR) is 74.0 cm³/mol. The average Bonchev–Trinajstić information content (AvgIpc) is 3.18. The molecule has 0 atom stereocenters. The van der Waals surface area contributed by atoms with E-state index in [2.05, 4.69) is 15.6 Å². The van der Waals surface area contributed by atoms with E-state index in [1.165, 1.54) is 0 Å². The largest absolute Gasteiger partial charge is 0.384 e. The van der Waals surface area contributed by atoms with Gasteiger partial charge in [0.1, 0.15) is 11.5 Å². The molecular weight excluding hydrogens is 268 g/mol. The van der Waals surface area contributed by atoms with Crippen molar-refractivity contribution in [2.24, 2.45) is 5.92 Å². The van der Waals surface area contributed by atoms with Crippen LogP contribution in [0.25, 0.3) is 0 Å². The number of nitrogens with two attached hydrogens (primary N) is 1. The summed E-state index contributed by atoms with van der Waals surface area (Å²) in [5, 5.41) is 5.43. The number of nitrogens with one attached hydrogen (secondary N) is 2. The van der Waals surface area contributed by atoms with Crippen molar-refractivity contribution >= 4 is 30.0 Å². The van der Waals surface area contributed by atoms with Crippen molar-refractivity contribution in [1.82, 2.24) is 15.6 Å². The third-order valence-electron chi connectivity index (χ3n) is 2.66. The second-order valence-electron chi connectivity index (χ2n) is 4.27. The number of hydrogen-bond acceptors (Lipinski definition) is 4. The van der Waals surface area contributed by atoms with Crippen molar-refractivity contribution in [3.63, 3.8) is 0 Å². The minimum Gasteiger partial charge on any atom is -0.384 e. The Balaban J connectivity index is 0.00000180. The number of nitrogens with zero attached hydrogens (tertiary/aromatic N) is 1. The smallest absolute Gasteiger partial charge is 0.270 e. The van der Waals surface area contributed by atoms with Crippen molar-refractivity contribution in [1.29, 1.82) is 0 Å². The third-order valence-corrected chi connectivity index (χ3v) is 2.66. The van der Waals surface area contributed by atoms with E-state index in [4.69, 9.17) is 5.73 Å². The van der Waals surface area contributed by atoms with Crippen LogP contribution in [-0.2, 0) is 4.79 Å². The van der Waals surface area contributed by atoms with Crippen LogP contribution in [0.4, 0.5) is 5.82 Å². The topological polar surface area (TPSA) is 97.1 Å². The van der Waals surface area contributed by atoms with Crippen LogP contribution in [0.2, 0.25) is 0 Å². The lowest BCUT2D eigenvalue weighted by atomic mass is 10.3. The number of anilines is 1. The van der Waals surface area contributed by atoms with Gasteiger partial charge in [-0.1, -0.05) is 6.07 Å². The Labute approximate surface area is 117 Å². The van der Waals surface area contributed by atoms with Gasteiger partial charge < -0.3 is 16.4 Å². The Bertz CT molecular complexity index is 463. The van der Waals surface area contributed by atoms with Gasteiger partial charge >= 0.3 is 0 Å². The maximum absolute atomic E-state index is 11.6. The fraction of sp³-hybridized carbons (Fsp3) is 0.417. The van der Waals surface area contributed by atoms with Gasteiger partial charge in [-0.25, -0.2) is 4.98 Å². The van der Waals surface area contributed by atoms with E-state index in [1.54, 1.807) is 18.2 Å². The standard InChI is InChI=1S/C12H16N4O2.ClH/c13-10-3-1-2-9(16-10)12(18)15-7-6-14-11(17)8-4-5-8;/h1-3,8H,4-7H2,(H2,13,16)(H,14,17)(H,15,18);1H. The first kappa shape index (κ1) is 15.2. The number of aromatic nitrogens is 1. The van der Waals surface area contributed by atoms with Crippen molar-refractivity contribution in [2.45, 2.75) is 12.8 Å². The summed E-state index contributed by atoms with van der Waals surface area (Å²) in [6.07, 6.45) is 1.96. The van der Waals surface area contributed by atoms with Gasteiger partial charge in [-0.3, -0.25) is 9.59 Å². The molecule has 0 saturated heterocycles. The molecule has 1 aromatic heterocycles. The number of hydrogen-bond donors (Lipinski definition) is 3. The fourth-order valence-electron chi connectivity index (χ4n) is 1.52. The maximum Gasteiger partial charge on any atom is 0.270 e. The number of carbonyl (C=O) groups excluding carboxylic acids is 2. The van der Waals surface area contributed by atoms with Crippen LogP contribution in [0, 0.1) is 5.92 Å². The molecule has 2 amide bonds. The van der Waals surface area contributed by atoms with Crippen LogP contribution in [0.15, 0.2) is 18.2 Å². The molecule has 4 N–H and O–H groups in total. The predicted octanol–water partition coefficient (Wildman–Crippen LogP) is 0.342. The van der Waals surface area contributed by atoms with Crippen molar-refractivity contribution in [3.8, 4) is 0 Å². The highest BCUT2D eigenvalue weighted by Gasteiger charge is 2.28. The number of halogens is 1. The first-order chi connectivity index (χ1) is 8.66. The summed E-state index contributed by atoms with van der Waals surface area (Å²) >= 11 is 0. The van der Waals surface area contributed by atoms with Gasteiger partial charge in [0, 0.05) is 19.0 Å². The minimum atomic E-state index is -0.289. The summed E-state index contributed by atoms with van der Waals surface area (Å²) < 4.78 is 0. The van der Waals surface area contributed by atoms with Crippen molar-refractivity contribution < 1.29 is 9.59 Å². The molecule has 1 aromatic rings. The molecule has 1 aliphatic carbocycles. The molecule has 1 heterocycles. The van der Waals surface area contributed by atoms with Crippen LogP contribution in [0.5, 0.6) is 0 Å². The van der Waals surface area contributed by atoms with E-state index < -0.39 is 0 Å². The van der Waals surface area contributed by atoms with Gasteiger partial charge in [-0.05, 0) is 25.0 Å². The van der Waals surface area contributed by atoms with E-state index in [-0.39, 0.29) is 35.8 Å². The van der Waals surface area contributed by atoms with Gasteiger partial charge in [0.25, 0.3) is 5.91 Å². The Hall–Kier alpha value is -1.82. The zero-order valence-electron chi connectivity index (χ0n) is 10.4. The first-order valence-corrected chi connectivity index (χ1v) is 5.95. The molecule has 7 heteroatoms. The Morgan fingerprint density at radius 2 is 1.95 bits per heavy atom. The quantitative estimate of drug-likeness (QED) is 0.679. The van der Waals surface area contributed by atoms with E-state index in [0.717, 1.165) is 12.8 Å². The molecule has 0 aliphatic heterocycles. The van der Waals surface area contributed by atoms with Gasteiger partial charge in [0.15, 0.2) is 0 Å². The van der Waals surface area contributed by atoms with Gasteiger partial charge in [-0.2, -0.15) is 0 Å². The molecule has 19 heavy (non-hydrogen) atoms. The molecule has 1 fully saturated rings. The summed E-state index contributed by atoms with van der Waals surface area (Å²) in [6.45, 7) is 0.817. The molecule has 1 aliphatic rings. The lowest BCUT2D eigenvalue weighted by Gasteiger charge is -2.06. The first-order valence-electron chi connectivity index (χ1n) is 5.95. The summed E-state index contributed by atoms with van der Waals surface area (Å²) in [4.78, 5) is 26.9. The zero-order valence-corrected chi connectivity index (χ0v) is 11.2. The second kappa shape index (κ2) is 6.94. The number of nitrogen functional groups attached to an aromatic ring is 1. The van der Waals surface area contributed by atoms with Crippen LogP contribution in [-0.4, -0.2) is 29.9 Å². The molecular formula is C12H17ClN4O2. The SMILES string of the molecule is Cl.Nc1cccc(C(=O)NCCNC(=O)C2CC2)n1. The second-order valence-corrected chi connectivity index (χ2v) is 4.27. The van der Waals surface area contributed by atoms with E-state index >= 15 is 0 Å². The molecule has 0 unspecified atom stereocenters. The van der Waals surface area contributed by atoms with Crippen LogP contribution >= 0.6 is 12.4 Å². The normalized spacial score (nSPS) is 13.3. The van der Waals surface area contributed by atoms with Gasteiger partial charge in [-0.15, -0.1) is 12.4 Å². The summed E-state index contributed by atoms with van der Waals surface area (Å²) in [5.41, 5.74) is 5.76. The Morgan fingerprint density at radius 1 is 1.26 bits per heavy atom. The Kier molecular flexibility index (Phi) is 5.57. The van der Waals surface area contributed by atoms with Crippen LogP contribution in [0.1, 0.15) is 23.3 Å². The van der Waals surface area contributed by atoms with E-state index in [9.17, 15) is 9.59 Å². The summed E-state index contributed by atoms with van der Waals surface area (Å²) in [5.74, 6) is 0.287. The molecule has 1 saturated carbocycles. The fourth-order valence-corrected chi connectivity index (χ4v) is 1.52. The van der Waals surface area contributed by atoms with E-state index in [1.807, 2.05) is 0 Å². The highest BCUT2D eigenvalue weighted by atomic mass is 35.5. The summed E-state index contributed by atoms with van der Waals surface area (Å²) in [7, 11) is 0. The van der Waals surface area contributed by atoms with Crippen molar-refractivity contribution in [3.05, 3.63) is 23.9 Å². The lowest BCUT2D eigenvalue weighted by molar-refractivity contribution is -0.122. The van der Waals surface area contributed by atoms with Gasteiger partial charge in [0.2, 0.25) is 5.91 Å². The number of carbonyl (C=O) groups is 2. The molecule has 6 nitrogen and oxygen atoms in total. The highest BCUT2D eigenvalue weighted by Crippen LogP contribution is 2.28. The minimum absolute atomic E-state index is 0. The average molecular weight is 285 g/mol. The molecule has 2 rings (SSSR count). The monoisotopic (exact) mass is 284 g/mol. The van der Waals surface area contributed by atoms with E-state index in [0.29, 0.717) is 18.9 Å². The molecule has 104 valence electrons. The maximum atomic E-state index is 11.6. The van der Waals surface area contributed by atoms with Crippen LogP contribution < -0.4 is 16.4 Å². The molecule has 0 spiro atoms. The van der Waals surface area contributed by atoms with Crippen LogP contribution in [0.3, 0.4) is 0 Å².